The number of aromatic nitrogens is 2. The lowest BCUT2D eigenvalue weighted by atomic mass is 9.93. The highest BCUT2D eigenvalue weighted by atomic mass is 32.1. The van der Waals surface area contributed by atoms with Gasteiger partial charge in [0, 0.05) is 24.0 Å². The SMILES string of the molecule is CCC1(C(=O)O)CCCN1c1nc(C(C)C)ns1. The van der Waals surface area contributed by atoms with Crippen LogP contribution in [0.15, 0.2) is 0 Å². The Morgan fingerprint density at radius 1 is 1.61 bits per heavy atom. The molecule has 1 N–H and O–H groups in total. The molecule has 0 amide bonds. The van der Waals surface area contributed by atoms with Crippen LogP contribution in [0.4, 0.5) is 5.13 Å². The molecule has 1 aliphatic rings. The van der Waals surface area contributed by atoms with E-state index in [9.17, 15) is 9.90 Å². The molecule has 0 saturated carbocycles. The van der Waals surface area contributed by atoms with Crippen molar-refractivity contribution in [1.82, 2.24) is 9.36 Å². The third-order valence-corrected chi connectivity index (χ3v) is 4.40. The molecule has 5 nitrogen and oxygen atoms in total. The van der Waals surface area contributed by atoms with Crippen molar-refractivity contribution < 1.29 is 9.90 Å². The van der Waals surface area contributed by atoms with Gasteiger partial charge in [0.25, 0.3) is 0 Å². The fraction of sp³-hybridized carbons (Fsp3) is 0.750. The van der Waals surface area contributed by atoms with Crippen LogP contribution in [0.5, 0.6) is 0 Å². The van der Waals surface area contributed by atoms with Gasteiger partial charge in [-0.25, -0.2) is 9.78 Å². The van der Waals surface area contributed by atoms with Crippen molar-refractivity contribution in [1.29, 1.82) is 0 Å². The molecule has 1 aliphatic heterocycles. The van der Waals surface area contributed by atoms with E-state index in [2.05, 4.69) is 9.36 Å². The summed E-state index contributed by atoms with van der Waals surface area (Å²) in [6.07, 6.45) is 2.19. The molecule has 0 aromatic carbocycles. The maximum atomic E-state index is 11.6. The highest BCUT2D eigenvalue weighted by Crippen LogP contribution is 2.38. The Morgan fingerprint density at radius 2 is 2.33 bits per heavy atom. The highest BCUT2D eigenvalue weighted by Gasteiger charge is 2.47. The fourth-order valence-electron chi connectivity index (χ4n) is 2.47. The minimum Gasteiger partial charge on any atom is -0.479 e. The molecule has 1 saturated heterocycles. The van der Waals surface area contributed by atoms with Gasteiger partial charge in [0.15, 0.2) is 0 Å². The predicted molar refractivity (Wildman–Crippen MR) is 71.2 cm³/mol. The summed E-state index contributed by atoms with van der Waals surface area (Å²) in [4.78, 5) is 18.0. The maximum absolute atomic E-state index is 11.6. The lowest BCUT2D eigenvalue weighted by Gasteiger charge is -2.33. The molecule has 1 fully saturated rings. The van der Waals surface area contributed by atoms with E-state index < -0.39 is 11.5 Å². The molecule has 1 aromatic rings. The molecule has 6 heteroatoms. The topological polar surface area (TPSA) is 66.3 Å². The first-order valence-corrected chi connectivity index (χ1v) is 7.13. The Morgan fingerprint density at radius 3 is 2.83 bits per heavy atom. The van der Waals surface area contributed by atoms with Crippen LogP contribution in [-0.2, 0) is 4.79 Å². The normalized spacial score (nSPS) is 23.9. The Balaban J connectivity index is 2.33. The van der Waals surface area contributed by atoms with Crippen molar-refractivity contribution >= 4 is 22.6 Å². The van der Waals surface area contributed by atoms with Crippen molar-refractivity contribution in [3.63, 3.8) is 0 Å². The number of carboxylic acids is 1. The molecule has 1 unspecified atom stereocenters. The van der Waals surface area contributed by atoms with Crippen LogP contribution >= 0.6 is 11.5 Å². The molecule has 2 heterocycles. The Kier molecular flexibility index (Phi) is 3.56. The molecular weight excluding hydrogens is 250 g/mol. The first kappa shape index (κ1) is 13.3. The molecule has 1 aromatic heterocycles. The van der Waals surface area contributed by atoms with E-state index in [0.717, 1.165) is 23.9 Å². The molecule has 0 spiro atoms. The number of carboxylic acid groups (broad SMARTS) is 1. The van der Waals surface area contributed by atoms with E-state index in [-0.39, 0.29) is 5.92 Å². The molecular formula is C12H19N3O2S. The van der Waals surface area contributed by atoms with Crippen LogP contribution in [-0.4, -0.2) is 32.5 Å². The molecule has 0 bridgehead atoms. The number of hydrogen-bond acceptors (Lipinski definition) is 5. The van der Waals surface area contributed by atoms with E-state index in [1.54, 1.807) is 0 Å². The zero-order valence-corrected chi connectivity index (χ0v) is 11.8. The summed E-state index contributed by atoms with van der Waals surface area (Å²) >= 11 is 1.31. The van der Waals surface area contributed by atoms with Crippen molar-refractivity contribution in [2.24, 2.45) is 0 Å². The zero-order valence-electron chi connectivity index (χ0n) is 11.0. The third-order valence-electron chi connectivity index (χ3n) is 3.65. The van der Waals surface area contributed by atoms with Crippen molar-refractivity contribution in [2.45, 2.75) is 51.5 Å². The lowest BCUT2D eigenvalue weighted by molar-refractivity contribution is -0.143. The fourth-order valence-corrected chi connectivity index (χ4v) is 3.39. The molecule has 18 heavy (non-hydrogen) atoms. The van der Waals surface area contributed by atoms with Gasteiger partial charge in [-0.2, -0.15) is 4.37 Å². The first-order chi connectivity index (χ1) is 8.51. The van der Waals surface area contributed by atoms with Crippen molar-refractivity contribution in [3.8, 4) is 0 Å². The number of anilines is 1. The summed E-state index contributed by atoms with van der Waals surface area (Å²) in [5, 5.41) is 10.3. The van der Waals surface area contributed by atoms with E-state index in [0.29, 0.717) is 12.8 Å². The Hall–Kier alpha value is -1.17. The van der Waals surface area contributed by atoms with Gasteiger partial charge in [-0.3, -0.25) is 0 Å². The average Bonchev–Trinajstić information content (AvgIpc) is 2.95. The zero-order chi connectivity index (χ0) is 13.3. The molecule has 1 atom stereocenters. The first-order valence-electron chi connectivity index (χ1n) is 6.36. The van der Waals surface area contributed by atoms with Gasteiger partial charge in [-0.05, 0) is 19.3 Å². The number of rotatable bonds is 4. The van der Waals surface area contributed by atoms with E-state index in [1.807, 2.05) is 25.7 Å². The quantitative estimate of drug-likeness (QED) is 0.909. The van der Waals surface area contributed by atoms with Gasteiger partial charge in [-0.1, -0.05) is 20.8 Å². The van der Waals surface area contributed by atoms with Crippen LogP contribution in [0.1, 0.15) is 51.8 Å². The van der Waals surface area contributed by atoms with Gasteiger partial charge in [-0.15, -0.1) is 0 Å². The standard InChI is InChI=1S/C12H19N3O2S/c1-4-12(10(16)17)6-5-7-15(12)11-13-9(8(2)3)14-18-11/h8H,4-7H2,1-3H3,(H,16,17). The number of nitrogens with zero attached hydrogens (tertiary/aromatic N) is 3. The summed E-state index contributed by atoms with van der Waals surface area (Å²) in [7, 11) is 0. The van der Waals surface area contributed by atoms with Crippen LogP contribution in [0.2, 0.25) is 0 Å². The Labute approximate surface area is 111 Å². The predicted octanol–water partition coefficient (Wildman–Crippen LogP) is 2.50. The number of hydrogen-bond donors (Lipinski definition) is 1. The van der Waals surface area contributed by atoms with E-state index >= 15 is 0 Å². The number of carbonyl (C=O) groups is 1. The second kappa shape index (κ2) is 4.84. The minimum absolute atomic E-state index is 0.276. The average molecular weight is 269 g/mol. The second-order valence-electron chi connectivity index (χ2n) is 5.04. The minimum atomic E-state index is -0.784. The summed E-state index contributed by atoms with van der Waals surface area (Å²) < 4.78 is 4.32. The lowest BCUT2D eigenvalue weighted by Crippen LogP contribution is -2.50. The maximum Gasteiger partial charge on any atom is 0.329 e. The largest absolute Gasteiger partial charge is 0.479 e. The van der Waals surface area contributed by atoms with Crippen LogP contribution in [0.3, 0.4) is 0 Å². The molecule has 100 valence electrons. The van der Waals surface area contributed by atoms with Gasteiger partial charge in [0.2, 0.25) is 5.13 Å². The summed E-state index contributed by atoms with van der Waals surface area (Å²) in [6, 6.07) is 0. The van der Waals surface area contributed by atoms with Crippen molar-refractivity contribution in [3.05, 3.63) is 5.82 Å². The summed E-state index contributed by atoms with van der Waals surface area (Å²) in [5.41, 5.74) is -0.784. The third kappa shape index (κ3) is 1.98. The van der Waals surface area contributed by atoms with Crippen LogP contribution < -0.4 is 4.90 Å². The van der Waals surface area contributed by atoms with Crippen molar-refractivity contribution in [2.75, 3.05) is 11.4 Å². The van der Waals surface area contributed by atoms with E-state index in [1.165, 1.54) is 11.5 Å². The smallest absolute Gasteiger partial charge is 0.329 e. The summed E-state index contributed by atoms with van der Waals surface area (Å²) in [5.74, 6) is 0.333. The summed E-state index contributed by atoms with van der Waals surface area (Å²) in [6.45, 7) is 6.77. The highest BCUT2D eigenvalue weighted by molar-refractivity contribution is 7.09. The van der Waals surface area contributed by atoms with Gasteiger partial charge in [0.1, 0.15) is 11.4 Å². The second-order valence-corrected chi connectivity index (χ2v) is 5.77. The van der Waals surface area contributed by atoms with Gasteiger partial charge >= 0.3 is 5.97 Å². The number of aliphatic carboxylic acids is 1. The molecule has 0 aliphatic carbocycles. The van der Waals surface area contributed by atoms with E-state index in [4.69, 9.17) is 0 Å². The van der Waals surface area contributed by atoms with Gasteiger partial charge < -0.3 is 10.0 Å². The van der Waals surface area contributed by atoms with Crippen LogP contribution in [0, 0.1) is 0 Å². The van der Waals surface area contributed by atoms with Gasteiger partial charge in [0.05, 0.1) is 0 Å². The molecule has 2 rings (SSSR count). The van der Waals surface area contributed by atoms with Crippen LogP contribution in [0.25, 0.3) is 0 Å². The monoisotopic (exact) mass is 269 g/mol. The molecule has 0 radical (unpaired) electrons. The Bertz CT molecular complexity index is 446.